The summed E-state index contributed by atoms with van der Waals surface area (Å²) in [7, 11) is 1.48. The van der Waals surface area contributed by atoms with Gasteiger partial charge in [-0.3, -0.25) is 4.79 Å². The fourth-order valence-electron chi connectivity index (χ4n) is 4.20. The van der Waals surface area contributed by atoms with E-state index in [0.29, 0.717) is 10.6 Å². The molecular weight excluding hydrogens is 522 g/mol. The Bertz CT molecular complexity index is 1030. The quantitative estimate of drug-likeness (QED) is 0.422. The van der Waals surface area contributed by atoms with Gasteiger partial charge in [-0.15, -0.1) is 4.90 Å². The number of ether oxygens (including phenoxy) is 5. The Morgan fingerprint density at radius 2 is 1.57 bits per heavy atom. The Kier molecular flexibility index (Phi) is 10.2. The van der Waals surface area contributed by atoms with Gasteiger partial charge in [0, 0.05) is 13.7 Å². The number of Topliss-reactive ketones (excluding diaryl/α,β-unsaturated/α-hetero) is 1. The molecule has 3 rings (SSSR count). The number of aromatic nitrogens is 2. The third-order valence-electron chi connectivity index (χ3n) is 6.02. The van der Waals surface area contributed by atoms with E-state index in [9.17, 15) is 14.4 Å². The normalized spacial score (nSPS) is 18.4. The van der Waals surface area contributed by atoms with Crippen molar-refractivity contribution in [2.45, 2.75) is 110 Å². The molecule has 2 N–H and O–H groups in total. The number of nitrogens with one attached hydrogen (secondary N) is 2. The zero-order chi connectivity index (χ0) is 29.7. The average Bonchev–Trinajstić information content (AvgIpc) is 2.85. The second-order valence-electron chi connectivity index (χ2n) is 11.9. The molecule has 0 radical (unpaired) electrons. The fourth-order valence-corrected chi connectivity index (χ4v) is 4.20. The smallest absolute Gasteiger partial charge is 0.427 e. The molecule has 1 aromatic heterocycles. The molecule has 2 atom stereocenters. The van der Waals surface area contributed by atoms with Gasteiger partial charge < -0.3 is 34.3 Å². The number of hydrogen-bond acceptors (Lipinski definition) is 12. The molecule has 2 heterocycles. The van der Waals surface area contributed by atoms with E-state index in [4.69, 9.17) is 23.7 Å². The zero-order valence-corrected chi connectivity index (χ0v) is 24.8. The maximum absolute atomic E-state index is 13.2. The van der Waals surface area contributed by atoms with Gasteiger partial charge in [0.05, 0.1) is 0 Å². The second-order valence-corrected chi connectivity index (χ2v) is 11.9. The summed E-state index contributed by atoms with van der Waals surface area (Å²) in [6.45, 7) is 11.9. The van der Waals surface area contributed by atoms with E-state index in [0.717, 1.165) is 32.1 Å². The molecule has 2 amide bonds. The lowest BCUT2D eigenvalue weighted by molar-refractivity contribution is -0.138. The Morgan fingerprint density at radius 3 is 2.12 bits per heavy atom. The molecule has 224 valence electrons. The summed E-state index contributed by atoms with van der Waals surface area (Å²) in [5.41, 5.74) is -1.45. The van der Waals surface area contributed by atoms with Crippen LogP contribution in [-0.4, -0.2) is 77.8 Å². The highest BCUT2D eigenvalue weighted by Crippen LogP contribution is 2.37. The van der Waals surface area contributed by atoms with Crippen LogP contribution in [0, 0.1) is 0 Å². The van der Waals surface area contributed by atoms with Gasteiger partial charge in [0.1, 0.15) is 41.9 Å². The minimum absolute atomic E-state index is 0.0165. The predicted molar refractivity (Wildman–Crippen MR) is 148 cm³/mol. The Labute approximate surface area is 235 Å². The molecule has 0 aromatic carbocycles. The topological polar surface area (TPSA) is 150 Å². The third kappa shape index (κ3) is 8.65. The van der Waals surface area contributed by atoms with Crippen LogP contribution in [0.1, 0.15) is 80.6 Å². The van der Waals surface area contributed by atoms with Crippen LogP contribution in [0.25, 0.3) is 0 Å². The molecule has 1 fully saturated rings. The molecule has 1 aromatic rings. The van der Waals surface area contributed by atoms with Crippen LogP contribution < -0.4 is 20.3 Å². The lowest BCUT2D eigenvalue weighted by atomic mass is 9.98. The molecule has 0 saturated heterocycles. The first-order chi connectivity index (χ1) is 18.7. The van der Waals surface area contributed by atoms with Crippen molar-refractivity contribution < 1.29 is 38.1 Å². The van der Waals surface area contributed by atoms with E-state index in [1.807, 2.05) is 0 Å². The second kappa shape index (κ2) is 13.0. The predicted octanol–water partition coefficient (Wildman–Crippen LogP) is 4.65. The number of nitrogens with zero attached hydrogens (tertiary/aromatic N) is 3. The maximum atomic E-state index is 13.2. The molecule has 0 bridgehead atoms. The highest BCUT2D eigenvalue weighted by molar-refractivity contribution is 6.08. The summed E-state index contributed by atoms with van der Waals surface area (Å²) < 4.78 is 27.6. The van der Waals surface area contributed by atoms with E-state index in [1.54, 1.807) is 48.5 Å². The van der Waals surface area contributed by atoms with Crippen molar-refractivity contribution in [3.8, 4) is 5.88 Å². The van der Waals surface area contributed by atoms with Gasteiger partial charge in [-0.05, 0) is 74.1 Å². The lowest BCUT2D eigenvalue weighted by Gasteiger charge is -2.32. The number of anilines is 3. The molecule has 40 heavy (non-hydrogen) atoms. The van der Waals surface area contributed by atoms with Crippen LogP contribution >= 0.6 is 0 Å². The molecule has 1 unspecified atom stereocenters. The summed E-state index contributed by atoms with van der Waals surface area (Å²) >= 11 is 0. The Hall–Kier alpha value is -3.19. The third-order valence-corrected chi connectivity index (χ3v) is 6.02. The van der Waals surface area contributed by atoms with Crippen LogP contribution in [0.15, 0.2) is 0 Å². The van der Waals surface area contributed by atoms with Crippen LogP contribution in [-0.2, 0) is 23.7 Å². The Balaban J connectivity index is 2.02. The number of hydrogen-bond donors (Lipinski definition) is 2. The molecule has 0 spiro atoms. The number of amides is 2. The summed E-state index contributed by atoms with van der Waals surface area (Å²) in [6, 6.07) is -0.671. The Morgan fingerprint density at radius 1 is 0.975 bits per heavy atom. The number of rotatable bonds is 8. The number of imide groups is 1. The van der Waals surface area contributed by atoms with Crippen molar-refractivity contribution in [3.05, 3.63) is 0 Å². The first-order valence-corrected chi connectivity index (χ1v) is 13.7. The van der Waals surface area contributed by atoms with Crippen molar-refractivity contribution in [1.29, 1.82) is 0 Å². The number of methoxy groups -OCH3 is 1. The minimum Gasteiger partial charge on any atom is -0.473 e. The van der Waals surface area contributed by atoms with Gasteiger partial charge in [-0.25, -0.2) is 9.59 Å². The van der Waals surface area contributed by atoms with Crippen molar-refractivity contribution in [2.24, 2.45) is 0 Å². The molecule has 1 saturated carbocycles. The van der Waals surface area contributed by atoms with E-state index < -0.39 is 35.5 Å². The van der Waals surface area contributed by atoms with E-state index >= 15 is 0 Å². The standard InChI is InChI=1S/C27H43N5O8/c1-16(37-15-36-8)20(33)18-14-28-21-19(29-18)22(38-17-12-10-9-11-13-17)31-23(30-21)32(24(34)39-26(2,3)4)25(35)40-27(5,6)7/h16-18,29H,9-15H2,1-8H3,(H,28,30,31)/t16-,18?/m0/s1. The van der Waals surface area contributed by atoms with E-state index in [-0.39, 0.29) is 42.9 Å². The highest BCUT2D eigenvalue weighted by atomic mass is 16.7. The summed E-state index contributed by atoms with van der Waals surface area (Å²) in [5.74, 6) is -0.0992. The SMILES string of the molecule is COCO[C@@H](C)C(=O)C1CNc2nc(N(C(=O)OC(C)(C)C)C(=O)OC(C)(C)C)nc(OC3CCCCC3)c2N1. The van der Waals surface area contributed by atoms with Crippen molar-refractivity contribution in [3.63, 3.8) is 0 Å². The van der Waals surface area contributed by atoms with Crippen molar-refractivity contribution >= 4 is 35.4 Å². The van der Waals surface area contributed by atoms with Gasteiger partial charge in [0.25, 0.3) is 0 Å². The molecule has 2 aliphatic rings. The molecule has 13 nitrogen and oxygen atoms in total. The van der Waals surface area contributed by atoms with Gasteiger partial charge in [-0.1, -0.05) is 6.42 Å². The highest BCUT2D eigenvalue weighted by Gasteiger charge is 2.38. The lowest BCUT2D eigenvalue weighted by Crippen LogP contribution is -2.46. The maximum Gasteiger partial charge on any atom is 0.427 e. The van der Waals surface area contributed by atoms with Gasteiger partial charge >= 0.3 is 12.2 Å². The first kappa shape index (κ1) is 31.3. The van der Waals surface area contributed by atoms with E-state index in [2.05, 4.69) is 20.6 Å². The molecule has 13 heteroatoms. The number of ketones is 1. The molecule has 1 aliphatic carbocycles. The minimum atomic E-state index is -0.994. The van der Waals surface area contributed by atoms with Crippen molar-refractivity contribution in [2.75, 3.05) is 36.0 Å². The van der Waals surface area contributed by atoms with Gasteiger partial charge in [-0.2, -0.15) is 9.97 Å². The van der Waals surface area contributed by atoms with Crippen molar-refractivity contribution in [1.82, 2.24) is 9.97 Å². The number of fused-ring (bicyclic) bond motifs is 1. The number of carbonyl (C=O) groups excluding carboxylic acids is 3. The van der Waals surface area contributed by atoms with Crippen LogP contribution in [0.3, 0.4) is 0 Å². The largest absolute Gasteiger partial charge is 0.473 e. The molecule has 1 aliphatic heterocycles. The summed E-state index contributed by atoms with van der Waals surface area (Å²) in [6.07, 6.45) is 1.95. The van der Waals surface area contributed by atoms with E-state index in [1.165, 1.54) is 7.11 Å². The first-order valence-electron chi connectivity index (χ1n) is 13.7. The van der Waals surface area contributed by atoms with Crippen LogP contribution in [0.5, 0.6) is 5.88 Å². The fraction of sp³-hybridized carbons (Fsp3) is 0.741. The summed E-state index contributed by atoms with van der Waals surface area (Å²) in [4.78, 5) is 49.1. The van der Waals surface area contributed by atoms with Gasteiger partial charge in [0.15, 0.2) is 11.6 Å². The summed E-state index contributed by atoms with van der Waals surface area (Å²) in [5, 5.41) is 6.30. The zero-order valence-electron chi connectivity index (χ0n) is 24.8. The average molecular weight is 566 g/mol. The van der Waals surface area contributed by atoms with Crippen LogP contribution in [0.4, 0.5) is 27.0 Å². The number of carbonyl (C=O) groups is 3. The van der Waals surface area contributed by atoms with Crippen LogP contribution in [0.2, 0.25) is 0 Å². The molecular formula is C27H43N5O8. The van der Waals surface area contributed by atoms with Gasteiger partial charge in [0.2, 0.25) is 11.8 Å². The monoisotopic (exact) mass is 565 g/mol.